The van der Waals surface area contributed by atoms with Crippen LogP contribution in [0.4, 0.5) is 4.39 Å². The number of halogens is 2. The summed E-state index contributed by atoms with van der Waals surface area (Å²) in [4.78, 5) is 2.91. The summed E-state index contributed by atoms with van der Waals surface area (Å²) < 4.78 is 14.3. The zero-order valence-corrected chi connectivity index (χ0v) is 8.12. The van der Waals surface area contributed by atoms with E-state index in [1.54, 1.807) is 6.07 Å². The predicted octanol–water partition coefficient (Wildman–Crippen LogP) is 3.75. The molecule has 1 aromatic carbocycles. The topological polar surface area (TPSA) is 15.8 Å². The number of benzene rings is 1. The molecule has 0 saturated heterocycles. The van der Waals surface area contributed by atoms with E-state index in [2.05, 4.69) is 4.98 Å². The smallest absolute Gasteiger partial charge is 0.159 e. The van der Waals surface area contributed by atoms with Gasteiger partial charge in [-0.15, -0.1) is 11.3 Å². The Morgan fingerprint density at radius 1 is 1.50 bits per heavy atom. The van der Waals surface area contributed by atoms with Gasteiger partial charge in [0.2, 0.25) is 0 Å². The maximum Gasteiger partial charge on any atom is 0.159 e. The van der Waals surface area contributed by atoms with Crippen LogP contribution < -0.4 is 0 Å². The molecule has 12 heavy (non-hydrogen) atoms. The molecule has 0 amide bonds. The van der Waals surface area contributed by atoms with E-state index in [4.69, 9.17) is 23.8 Å². The highest BCUT2D eigenvalue weighted by Gasteiger charge is 2.03. The predicted molar refractivity (Wildman–Crippen MR) is 52.0 cm³/mol. The van der Waals surface area contributed by atoms with Gasteiger partial charge < -0.3 is 4.98 Å². The van der Waals surface area contributed by atoms with Crippen LogP contribution in [0.3, 0.4) is 0 Å². The number of aromatic amines is 1. The molecule has 0 radical (unpaired) electrons. The Morgan fingerprint density at radius 3 is 3.00 bits per heavy atom. The van der Waals surface area contributed by atoms with Gasteiger partial charge in [0, 0.05) is 0 Å². The number of fused-ring (bicyclic) bond motifs is 1. The van der Waals surface area contributed by atoms with Crippen LogP contribution in [0, 0.1) is 9.77 Å². The van der Waals surface area contributed by atoms with Gasteiger partial charge in [0.05, 0.1) is 15.2 Å². The number of rotatable bonds is 0. The summed E-state index contributed by atoms with van der Waals surface area (Å²) in [6.45, 7) is 0. The normalized spacial score (nSPS) is 10.8. The van der Waals surface area contributed by atoms with Crippen LogP contribution in [-0.4, -0.2) is 4.98 Å². The number of H-pyrrole nitrogens is 1. The molecule has 1 nitrogen and oxygen atoms in total. The third-order valence-electron chi connectivity index (χ3n) is 1.46. The van der Waals surface area contributed by atoms with Crippen molar-refractivity contribution >= 4 is 45.4 Å². The zero-order chi connectivity index (χ0) is 8.72. The molecular formula is C7H3ClFNS2. The minimum Gasteiger partial charge on any atom is -0.337 e. The van der Waals surface area contributed by atoms with Gasteiger partial charge in [-0.3, -0.25) is 0 Å². The number of aromatic nitrogens is 1. The van der Waals surface area contributed by atoms with Crippen LogP contribution in [-0.2, 0) is 0 Å². The third-order valence-corrected chi connectivity index (χ3v) is 2.95. The highest BCUT2D eigenvalue weighted by atomic mass is 35.5. The fraction of sp³-hybridized carbons (Fsp3) is 0. The molecule has 1 heterocycles. The lowest BCUT2D eigenvalue weighted by Crippen LogP contribution is -1.75. The Hall–Kier alpha value is -0.450. The number of nitrogens with one attached hydrogen (secondary N) is 1. The van der Waals surface area contributed by atoms with Crippen LogP contribution in [0.2, 0.25) is 5.02 Å². The molecule has 0 aliphatic heterocycles. The number of thiazole rings is 1. The SMILES string of the molecule is Fc1cc2sc(=S)[nH]c2cc1Cl. The molecule has 2 rings (SSSR count). The third kappa shape index (κ3) is 1.26. The summed E-state index contributed by atoms with van der Waals surface area (Å²) in [6, 6.07) is 2.92. The summed E-state index contributed by atoms with van der Waals surface area (Å²) in [5, 5.41) is 0.117. The molecule has 0 unspecified atom stereocenters. The van der Waals surface area contributed by atoms with Crippen LogP contribution in [0.5, 0.6) is 0 Å². The van der Waals surface area contributed by atoms with E-state index in [-0.39, 0.29) is 5.02 Å². The van der Waals surface area contributed by atoms with Gasteiger partial charge in [0.1, 0.15) is 5.82 Å². The second-order valence-electron chi connectivity index (χ2n) is 2.28. The lowest BCUT2D eigenvalue weighted by atomic mass is 10.3. The fourth-order valence-corrected chi connectivity index (χ4v) is 2.23. The van der Waals surface area contributed by atoms with Crippen LogP contribution in [0.25, 0.3) is 10.2 Å². The van der Waals surface area contributed by atoms with Gasteiger partial charge in [-0.2, -0.15) is 0 Å². The van der Waals surface area contributed by atoms with Crippen molar-refractivity contribution in [3.8, 4) is 0 Å². The largest absolute Gasteiger partial charge is 0.337 e. The Kier molecular flexibility index (Phi) is 1.90. The van der Waals surface area contributed by atoms with Crippen molar-refractivity contribution in [3.05, 3.63) is 26.9 Å². The molecule has 0 fully saturated rings. The number of hydrogen-bond acceptors (Lipinski definition) is 2. The summed E-state index contributed by atoms with van der Waals surface area (Å²) in [6.07, 6.45) is 0. The molecular weight excluding hydrogens is 217 g/mol. The van der Waals surface area contributed by atoms with Crippen molar-refractivity contribution in [2.75, 3.05) is 0 Å². The number of hydrogen-bond donors (Lipinski definition) is 1. The minimum absolute atomic E-state index is 0.117. The van der Waals surface area contributed by atoms with E-state index in [0.717, 1.165) is 10.2 Å². The van der Waals surface area contributed by atoms with E-state index in [1.807, 2.05) is 0 Å². The highest BCUT2D eigenvalue weighted by Crippen LogP contribution is 2.25. The first kappa shape index (κ1) is 8.16. The van der Waals surface area contributed by atoms with E-state index in [9.17, 15) is 4.39 Å². The van der Waals surface area contributed by atoms with Crippen LogP contribution in [0.15, 0.2) is 12.1 Å². The molecule has 0 aliphatic carbocycles. The van der Waals surface area contributed by atoms with Crippen molar-refractivity contribution in [1.82, 2.24) is 4.98 Å². The lowest BCUT2D eigenvalue weighted by molar-refractivity contribution is 0.630. The molecule has 0 aliphatic rings. The highest BCUT2D eigenvalue weighted by molar-refractivity contribution is 7.73. The maximum atomic E-state index is 12.9. The average Bonchev–Trinajstić information content (AvgIpc) is 2.30. The average molecular weight is 220 g/mol. The minimum atomic E-state index is -0.408. The van der Waals surface area contributed by atoms with Gasteiger partial charge in [0.25, 0.3) is 0 Å². The monoisotopic (exact) mass is 219 g/mol. The first-order chi connectivity index (χ1) is 5.66. The van der Waals surface area contributed by atoms with Crippen molar-refractivity contribution in [2.45, 2.75) is 0 Å². The first-order valence-corrected chi connectivity index (χ1v) is 4.75. The Bertz CT molecular complexity index is 446. The quantitative estimate of drug-likeness (QED) is 0.668. The van der Waals surface area contributed by atoms with E-state index in [0.29, 0.717) is 3.95 Å². The zero-order valence-electron chi connectivity index (χ0n) is 5.73. The summed E-state index contributed by atoms with van der Waals surface area (Å²) in [5.41, 5.74) is 0.788. The molecule has 1 aromatic heterocycles. The molecule has 5 heteroatoms. The summed E-state index contributed by atoms with van der Waals surface area (Å²) in [7, 11) is 0. The lowest BCUT2D eigenvalue weighted by Gasteiger charge is -1.92. The van der Waals surface area contributed by atoms with Crippen molar-refractivity contribution in [2.24, 2.45) is 0 Å². The second-order valence-corrected chi connectivity index (χ2v) is 4.40. The van der Waals surface area contributed by atoms with E-state index < -0.39 is 5.82 Å². The van der Waals surface area contributed by atoms with E-state index >= 15 is 0 Å². The molecule has 0 saturated carbocycles. The van der Waals surface area contributed by atoms with Gasteiger partial charge in [-0.05, 0) is 24.4 Å². The Labute approximate surface area is 81.8 Å². The van der Waals surface area contributed by atoms with E-state index in [1.165, 1.54) is 17.4 Å². The van der Waals surface area contributed by atoms with Crippen LogP contribution in [0.1, 0.15) is 0 Å². The molecule has 0 atom stereocenters. The second kappa shape index (κ2) is 2.80. The molecule has 62 valence electrons. The molecule has 0 bridgehead atoms. The Balaban J connectivity index is 2.92. The van der Waals surface area contributed by atoms with Crippen molar-refractivity contribution in [1.29, 1.82) is 0 Å². The first-order valence-electron chi connectivity index (χ1n) is 3.15. The fourth-order valence-electron chi connectivity index (χ4n) is 0.946. The standard InChI is InChI=1S/C7H3ClFNS2/c8-3-1-5-6(2-4(3)9)12-7(11)10-5/h1-2H,(H,10,11). The van der Waals surface area contributed by atoms with Gasteiger partial charge >= 0.3 is 0 Å². The molecule has 0 spiro atoms. The molecule has 2 aromatic rings. The van der Waals surface area contributed by atoms with Gasteiger partial charge in [-0.25, -0.2) is 4.39 Å². The van der Waals surface area contributed by atoms with Crippen molar-refractivity contribution in [3.63, 3.8) is 0 Å². The van der Waals surface area contributed by atoms with Gasteiger partial charge in [0.15, 0.2) is 3.95 Å². The van der Waals surface area contributed by atoms with Crippen LogP contribution >= 0.6 is 35.2 Å². The maximum absolute atomic E-state index is 12.9. The Morgan fingerprint density at radius 2 is 2.25 bits per heavy atom. The molecule has 1 N–H and O–H groups in total. The summed E-state index contributed by atoms with van der Waals surface area (Å²) >= 11 is 11.8. The van der Waals surface area contributed by atoms with Crippen molar-refractivity contribution < 1.29 is 4.39 Å². The summed E-state index contributed by atoms with van der Waals surface area (Å²) in [5.74, 6) is -0.408. The van der Waals surface area contributed by atoms with Gasteiger partial charge in [-0.1, -0.05) is 11.6 Å².